The van der Waals surface area contributed by atoms with Gasteiger partial charge in [0.1, 0.15) is 0 Å². The Morgan fingerprint density at radius 3 is 2.96 bits per heavy atom. The zero-order chi connectivity index (χ0) is 16.8. The van der Waals surface area contributed by atoms with Gasteiger partial charge < -0.3 is 10.1 Å². The summed E-state index contributed by atoms with van der Waals surface area (Å²) in [6.45, 7) is 3.78. The highest BCUT2D eigenvalue weighted by atomic mass is 79.9. The molecule has 1 aromatic rings. The molecule has 0 saturated carbocycles. The fourth-order valence-electron chi connectivity index (χ4n) is 2.64. The van der Waals surface area contributed by atoms with Crippen LogP contribution in [0.5, 0.6) is 0 Å². The van der Waals surface area contributed by atoms with Gasteiger partial charge in [0.2, 0.25) is 5.91 Å². The van der Waals surface area contributed by atoms with E-state index in [1.165, 1.54) is 0 Å². The molecule has 1 aliphatic rings. The van der Waals surface area contributed by atoms with Crippen LogP contribution < -0.4 is 5.32 Å². The molecule has 1 amide bonds. The number of halogens is 2. The molecule has 2 rings (SSSR count). The Bertz CT molecular complexity index is 582. The average molecular weight is 404 g/mol. The van der Waals surface area contributed by atoms with Crippen molar-refractivity contribution >= 4 is 45.1 Å². The lowest BCUT2D eigenvalue weighted by atomic mass is 9.98. The minimum Gasteiger partial charge on any atom is -0.466 e. The Hall–Kier alpha value is -1.11. The van der Waals surface area contributed by atoms with Crippen molar-refractivity contribution in [2.24, 2.45) is 5.92 Å². The molecule has 1 unspecified atom stereocenters. The normalized spacial score (nSPS) is 18.5. The van der Waals surface area contributed by atoms with Gasteiger partial charge in [0.05, 0.1) is 29.8 Å². The number of nitrogens with zero attached hydrogens (tertiary/aromatic N) is 1. The lowest BCUT2D eigenvalue weighted by molar-refractivity contribution is -0.150. The number of hydrogen-bond donors (Lipinski definition) is 1. The first-order valence-electron chi connectivity index (χ1n) is 7.63. The lowest BCUT2D eigenvalue weighted by Gasteiger charge is -2.30. The minimum atomic E-state index is -0.173. The third-order valence-corrected chi connectivity index (χ3v) is 4.50. The van der Waals surface area contributed by atoms with Gasteiger partial charge in [0, 0.05) is 11.0 Å². The smallest absolute Gasteiger partial charge is 0.310 e. The maximum Gasteiger partial charge on any atom is 0.310 e. The number of benzene rings is 1. The fraction of sp³-hybridized carbons (Fsp3) is 0.500. The van der Waals surface area contributed by atoms with Crippen LogP contribution in [0.25, 0.3) is 0 Å². The van der Waals surface area contributed by atoms with E-state index >= 15 is 0 Å². The molecule has 0 spiro atoms. The predicted molar refractivity (Wildman–Crippen MR) is 93.6 cm³/mol. The number of anilines is 1. The Kier molecular flexibility index (Phi) is 6.87. The molecule has 1 atom stereocenters. The van der Waals surface area contributed by atoms with Crippen LogP contribution in [0, 0.1) is 5.92 Å². The summed E-state index contributed by atoms with van der Waals surface area (Å²) in [7, 11) is 0. The quantitative estimate of drug-likeness (QED) is 0.766. The first-order chi connectivity index (χ1) is 11.0. The summed E-state index contributed by atoms with van der Waals surface area (Å²) in [5.74, 6) is -0.458. The highest BCUT2D eigenvalue weighted by Gasteiger charge is 2.27. The number of esters is 1. The molecular weight excluding hydrogens is 384 g/mol. The van der Waals surface area contributed by atoms with Gasteiger partial charge in [-0.1, -0.05) is 27.5 Å². The molecule has 1 fully saturated rings. The fourth-order valence-corrected chi connectivity index (χ4v) is 3.36. The molecule has 23 heavy (non-hydrogen) atoms. The van der Waals surface area contributed by atoms with E-state index in [0.29, 0.717) is 23.9 Å². The van der Waals surface area contributed by atoms with E-state index < -0.39 is 0 Å². The van der Waals surface area contributed by atoms with E-state index in [1.54, 1.807) is 19.1 Å². The van der Waals surface area contributed by atoms with Crippen molar-refractivity contribution in [3.63, 3.8) is 0 Å². The summed E-state index contributed by atoms with van der Waals surface area (Å²) in [4.78, 5) is 26.0. The van der Waals surface area contributed by atoms with Crippen LogP contribution in [0.2, 0.25) is 5.02 Å². The molecule has 1 aliphatic heterocycles. The molecule has 5 nitrogen and oxygen atoms in total. The van der Waals surface area contributed by atoms with E-state index in [1.807, 2.05) is 11.0 Å². The average Bonchev–Trinajstić information content (AvgIpc) is 2.50. The summed E-state index contributed by atoms with van der Waals surface area (Å²) >= 11 is 9.42. The van der Waals surface area contributed by atoms with Gasteiger partial charge in [-0.15, -0.1) is 0 Å². The summed E-state index contributed by atoms with van der Waals surface area (Å²) in [6.07, 6.45) is 1.70. The molecule has 1 aromatic carbocycles. The molecule has 1 N–H and O–H groups in total. The van der Waals surface area contributed by atoms with Crippen molar-refractivity contribution in [1.82, 2.24) is 4.90 Å². The summed E-state index contributed by atoms with van der Waals surface area (Å²) < 4.78 is 5.92. The molecule has 1 saturated heterocycles. The Morgan fingerprint density at radius 2 is 2.26 bits per heavy atom. The highest BCUT2D eigenvalue weighted by Crippen LogP contribution is 2.25. The number of likely N-dealkylation sites (tertiary alicyclic amines) is 1. The number of carbonyl (C=O) groups excluding carboxylic acids is 2. The van der Waals surface area contributed by atoms with Crippen LogP contribution in [0.4, 0.5) is 5.69 Å². The van der Waals surface area contributed by atoms with Gasteiger partial charge in [-0.25, -0.2) is 0 Å². The van der Waals surface area contributed by atoms with Gasteiger partial charge >= 0.3 is 5.97 Å². The zero-order valence-electron chi connectivity index (χ0n) is 13.0. The molecule has 0 aliphatic carbocycles. The van der Waals surface area contributed by atoms with Gasteiger partial charge in [-0.2, -0.15) is 0 Å². The summed E-state index contributed by atoms with van der Waals surface area (Å²) in [5.41, 5.74) is 0.582. The van der Waals surface area contributed by atoms with Gasteiger partial charge in [0.15, 0.2) is 0 Å². The van der Waals surface area contributed by atoms with Crippen LogP contribution in [0.15, 0.2) is 22.7 Å². The second-order valence-corrected chi connectivity index (χ2v) is 6.82. The number of carbonyl (C=O) groups is 2. The Balaban J connectivity index is 1.88. The molecule has 1 heterocycles. The molecule has 0 radical (unpaired) electrons. The number of ether oxygens (including phenoxy) is 1. The first-order valence-corrected chi connectivity index (χ1v) is 8.80. The predicted octanol–water partition coefficient (Wildman–Crippen LogP) is 3.32. The van der Waals surface area contributed by atoms with Crippen LogP contribution in [-0.4, -0.2) is 43.0 Å². The molecule has 0 aromatic heterocycles. The van der Waals surface area contributed by atoms with E-state index in [-0.39, 0.29) is 24.3 Å². The van der Waals surface area contributed by atoms with Gasteiger partial charge in [-0.05, 0) is 44.5 Å². The van der Waals surface area contributed by atoms with E-state index in [4.69, 9.17) is 16.3 Å². The summed E-state index contributed by atoms with van der Waals surface area (Å²) in [6, 6.07) is 5.30. The number of nitrogens with one attached hydrogen (secondary N) is 1. The van der Waals surface area contributed by atoms with E-state index in [0.717, 1.165) is 23.9 Å². The van der Waals surface area contributed by atoms with Crippen LogP contribution >= 0.6 is 27.5 Å². The van der Waals surface area contributed by atoms with Gasteiger partial charge in [-0.3, -0.25) is 14.5 Å². The highest BCUT2D eigenvalue weighted by molar-refractivity contribution is 9.10. The van der Waals surface area contributed by atoms with Crippen LogP contribution in [0.3, 0.4) is 0 Å². The molecule has 126 valence electrons. The SMILES string of the molecule is CCOC(=O)C1CCCN(CC(=O)Nc2ccc(Br)cc2Cl)C1. The Labute approximate surface area is 149 Å². The topological polar surface area (TPSA) is 58.6 Å². The van der Waals surface area contributed by atoms with Gasteiger partial charge in [0.25, 0.3) is 0 Å². The number of amides is 1. The van der Waals surface area contributed by atoms with Crippen molar-refractivity contribution in [2.45, 2.75) is 19.8 Å². The van der Waals surface area contributed by atoms with Crippen molar-refractivity contribution in [1.29, 1.82) is 0 Å². The zero-order valence-corrected chi connectivity index (χ0v) is 15.3. The van der Waals surface area contributed by atoms with Crippen molar-refractivity contribution < 1.29 is 14.3 Å². The van der Waals surface area contributed by atoms with Crippen molar-refractivity contribution in [3.05, 3.63) is 27.7 Å². The standard InChI is InChI=1S/C16H20BrClN2O3/c1-2-23-16(22)11-4-3-7-20(9-11)10-15(21)19-14-6-5-12(17)8-13(14)18/h5-6,8,11H,2-4,7,9-10H2,1H3,(H,19,21). The number of hydrogen-bond acceptors (Lipinski definition) is 4. The largest absolute Gasteiger partial charge is 0.466 e. The molecule has 7 heteroatoms. The third-order valence-electron chi connectivity index (χ3n) is 3.70. The lowest BCUT2D eigenvalue weighted by Crippen LogP contribution is -2.43. The van der Waals surface area contributed by atoms with Crippen molar-refractivity contribution in [2.75, 3.05) is 31.6 Å². The second kappa shape index (κ2) is 8.66. The minimum absolute atomic E-state index is 0.140. The maximum absolute atomic E-state index is 12.2. The van der Waals surface area contributed by atoms with Crippen molar-refractivity contribution in [3.8, 4) is 0 Å². The van der Waals surface area contributed by atoms with E-state index in [9.17, 15) is 9.59 Å². The second-order valence-electron chi connectivity index (χ2n) is 5.50. The summed E-state index contributed by atoms with van der Waals surface area (Å²) in [5, 5.41) is 3.29. The van der Waals surface area contributed by atoms with Crippen LogP contribution in [0.1, 0.15) is 19.8 Å². The maximum atomic E-state index is 12.2. The van der Waals surface area contributed by atoms with Crippen LogP contribution in [-0.2, 0) is 14.3 Å². The molecular formula is C16H20BrClN2O3. The first kappa shape index (κ1) is 18.2. The number of piperidine rings is 1. The number of rotatable bonds is 5. The monoisotopic (exact) mass is 402 g/mol. The molecule has 0 bridgehead atoms. The third kappa shape index (κ3) is 5.48. The van der Waals surface area contributed by atoms with E-state index in [2.05, 4.69) is 21.2 Å². The Morgan fingerprint density at radius 1 is 1.48 bits per heavy atom.